The van der Waals surface area contributed by atoms with Crippen molar-refractivity contribution in [3.63, 3.8) is 0 Å². The van der Waals surface area contributed by atoms with Gasteiger partial charge in [0.2, 0.25) is 5.91 Å². The lowest BCUT2D eigenvalue weighted by Gasteiger charge is -2.12. The number of fused-ring (bicyclic) bond motifs is 1. The molecule has 0 saturated carbocycles. The van der Waals surface area contributed by atoms with E-state index in [1.165, 1.54) is 0 Å². The Morgan fingerprint density at radius 2 is 2.28 bits per heavy atom. The van der Waals surface area contributed by atoms with Crippen LogP contribution >= 0.6 is 11.8 Å². The van der Waals surface area contributed by atoms with Crippen LogP contribution in [0, 0.1) is 6.92 Å². The van der Waals surface area contributed by atoms with E-state index in [0.717, 1.165) is 16.8 Å². The number of nitrogens with one attached hydrogen (secondary N) is 2. The molecule has 94 valence electrons. The van der Waals surface area contributed by atoms with E-state index in [4.69, 9.17) is 0 Å². The molecule has 0 bridgehead atoms. The maximum Gasteiger partial charge on any atom is 0.235 e. The Labute approximate surface area is 108 Å². The summed E-state index contributed by atoms with van der Waals surface area (Å²) in [6, 6.07) is 0. The van der Waals surface area contributed by atoms with Crippen LogP contribution in [0.15, 0.2) is 12.4 Å². The Bertz CT molecular complexity index is 602. The zero-order valence-corrected chi connectivity index (χ0v) is 10.9. The molecule has 1 aliphatic rings. The second kappa shape index (κ2) is 4.16. The van der Waals surface area contributed by atoms with Crippen LogP contribution in [0.5, 0.6) is 0 Å². The molecular formula is C11H13N5OS. The van der Waals surface area contributed by atoms with E-state index < -0.39 is 0 Å². The minimum absolute atomic E-state index is 0.00505. The van der Waals surface area contributed by atoms with Gasteiger partial charge in [-0.1, -0.05) is 0 Å². The molecule has 3 rings (SSSR count). The highest BCUT2D eigenvalue weighted by molar-refractivity contribution is 8.00. The number of aryl methyl sites for hydroxylation is 1. The van der Waals surface area contributed by atoms with Gasteiger partial charge in [0.25, 0.3) is 0 Å². The fourth-order valence-corrected chi connectivity index (χ4v) is 3.21. The van der Waals surface area contributed by atoms with E-state index in [0.29, 0.717) is 11.6 Å². The molecule has 0 spiro atoms. The van der Waals surface area contributed by atoms with Crippen molar-refractivity contribution in [3.05, 3.63) is 29.2 Å². The van der Waals surface area contributed by atoms with Gasteiger partial charge < -0.3 is 5.32 Å². The maximum absolute atomic E-state index is 11.6. The lowest BCUT2D eigenvalue weighted by molar-refractivity contribution is -0.113. The number of rotatable bonds is 1. The van der Waals surface area contributed by atoms with Crippen molar-refractivity contribution in [2.45, 2.75) is 12.2 Å². The van der Waals surface area contributed by atoms with Crippen molar-refractivity contribution in [2.75, 3.05) is 11.1 Å². The number of aromatic nitrogens is 4. The third-order valence-electron chi connectivity index (χ3n) is 3.15. The number of carbonyl (C=O) groups excluding carboxylic acids is 1. The Balaban J connectivity index is 2.08. The zero-order valence-electron chi connectivity index (χ0n) is 10.1. The van der Waals surface area contributed by atoms with Crippen LogP contribution in [-0.2, 0) is 11.8 Å². The topological polar surface area (TPSA) is 75.6 Å². The summed E-state index contributed by atoms with van der Waals surface area (Å²) < 4.78 is 1.84. The van der Waals surface area contributed by atoms with E-state index in [9.17, 15) is 4.79 Å². The monoisotopic (exact) mass is 263 g/mol. The number of aromatic amines is 1. The third-order valence-corrected chi connectivity index (χ3v) is 4.42. The summed E-state index contributed by atoms with van der Waals surface area (Å²) in [5.41, 5.74) is 3.23. The average Bonchev–Trinajstić information content (AvgIpc) is 2.88. The summed E-state index contributed by atoms with van der Waals surface area (Å²) in [5.74, 6) is 1.12. The molecule has 1 atom stereocenters. The highest BCUT2D eigenvalue weighted by atomic mass is 32.2. The summed E-state index contributed by atoms with van der Waals surface area (Å²) >= 11 is 1.59. The largest absolute Gasteiger partial charge is 0.310 e. The first-order chi connectivity index (χ1) is 8.66. The molecule has 0 fully saturated rings. The smallest absolute Gasteiger partial charge is 0.235 e. The average molecular weight is 263 g/mol. The summed E-state index contributed by atoms with van der Waals surface area (Å²) in [7, 11) is 1.92. The van der Waals surface area contributed by atoms with E-state index in [-0.39, 0.29) is 11.2 Å². The van der Waals surface area contributed by atoms with Gasteiger partial charge in [-0.05, 0) is 6.92 Å². The van der Waals surface area contributed by atoms with Gasteiger partial charge in [-0.3, -0.25) is 14.6 Å². The minimum atomic E-state index is -0.00505. The molecular weight excluding hydrogens is 250 g/mol. The molecule has 18 heavy (non-hydrogen) atoms. The van der Waals surface area contributed by atoms with Gasteiger partial charge >= 0.3 is 0 Å². The molecule has 1 aliphatic heterocycles. The predicted octanol–water partition coefficient (Wildman–Crippen LogP) is 1.23. The van der Waals surface area contributed by atoms with Gasteiger partial charge in [0.15, 0.2) is 0 Å². The quantitative estimate of drug-likeness (QED) is 0.811. The van der Waals surface area contributed by atoms with Gasteiger partial charge in [-0.25, -0.2) is 0 Å². The lowest BCUT2D eigenvalue weighted by Crippen LogP contribution is -2.12. The number of thioether (sulfide) groups is 1. The summed E-state index contributed by atoms with van der Waals surface area (Å²) in [5, 5.41) is 14.0. The van der Waals surface area contributed by atoms with Crippen molar-refractivity contribution < 1.29 is 4.79 Å². The first kappa shape index (κ1) is 11.3. The number of nitrogens with zero attached hydrogens (tertiary/aromatic N) is 3. The molecule has 7 heteroatoms. The van der Waals surface area contributed by atoms with E-state index in [1.54, 1.807) is 18.0 Å². The Hall–Kier alpha value is -1.76. The first-order valence-electron chi connectivity index (χ1n) is 5.60. The standard InChI is InChI=1S/C11H13N5OS/c1-6-7(4-13-16(6)2)10-8-3-12-15-11(8)14-9(17)5-18-10/h3-4,10H,5H2,1-2H3,(H2,12,14,15,17)/t10-/m1/s1. The Morgan fingerprint density at radius 3 is 3.00 bits per heavy atom. The third kappa shape index (κ3) is 1.71. The van der Waals surface area contributed by atoms with Crippen LogP contribution in [0.4, 0.5) is 5.82 Å². The molecule has 0 aromatic carbocycles. The van der Waals surface area contributed by atoms with Gasteiger partial charge in [0.1, 0.15) is 5.82 Å². The fourth-order valence-electron chi connectivity index (χ4n) is 2.05. The van der Waals surface area contributed by atoms with Crippen LogP contribution in [0.25, 0.3) is 0 Å². The number of H-pyrrole nitrogens is 1. The molecule has 0 radical (unpaired) electrons. The molecule has 6 nitrogen and oxygen atoms in total. The minimum Gasteiger partial charge on any atom is -0.310 e. The number of hydrogen-bond acceptors (Lipinski definition) is 4. The van der Waals surface area contributed by atoms with Gasteiger partial charge in [-0.2, -0.15) is 10.2 Å². The molecule has 2 aromatic heterocycles. The predicted molar refractivity (Wildman–Crippen MR) is 69.5 cm³/mol. The van der Waals surface area contributed by atoms with Crippen LogP contribution in [0.3, 0.4) is 0 Å². The molecule has 0 saturated heterocycles. The summed E-state index contributed by atoms with van der Waals surface area (Å²) in [4.78, 5) is 11.6. The van der Waals surface area contributed by atoms with E-state index in [2.05, 4.69) is 20.6 Å². The second-order valence-electron chi connectivity index (χ2n) is 4.25. The van der Waals surface area contributed by atoms with Crippen LogP contribution in [-0.4, -0.2) is 31.6 Å². The van der Waals surface area contributed by atoms with Crippen LogP contribution < -0.4 is 5.32 Å². The van der Waals surface area contributed by atoms with Crippen LogP contribution in [0.1, 0.15) is 22.1 Å². The first-order valence-corrected chi connectivity index (χ1v) is 6.65. The Kier molecular flexibility index (Phi) is 2.62. The highest BCUT2D eigenvalue weighted by Gasteiger charge is 2.27. The molecule has 0 aliphatic carbocycles. The molecule has 3 heterocycles. The van der Waals surface area contributed by atoms with E-state index in [1.807, 2.05) is 24.9 Å². The number of hydrogen-bond donors (Lipinski definition) is 2. The van der Waals surface area contributed by atoms with E-state index >= 15 is 0 Å². The van der Waals surface area contributed by atoms with Gasteiger partial charge in [0, 0.05) is 23.9 Å². The SMILES string of the molecule is Cc1c([C@H]2SCC(=O)Nc3[nH]ncc32)cnn1C. The number of anilines is 1. The molecule has 2 aromatic rings. The molecule has 0 unspecified atom stereocenters. The second-order valence-corrected chi connectivity index (χ2v) is 5.34. The van der Waals surface area contributed by atoms with Gasteiger partial charge in [0.05, 0.1) is 23.4 Å². The lowest BCUT2D eigenvalue weighted by atomic mass is 10.1. The molecule has 2 N–H and O–H groups in total. The zero-order chi connectivity index (χ0) is 12.7. The van der Waals surface area contributed by atoms with Crippen molar-refractivity contribution in [1.29, 1.82) is 0 Å². The van der Waals surface area contributed by atoms with Crippen molar-refractivity contribution >= 4 is 23.5 Å². The van der Waals surface area contributed by atoms with Gasteiger partial charge in [-0.15, -0.1) is 11.8 Å². The van der Waals surface area contributed by atoms with Crippen LogP contribution in [0.2, 0.25) is 0 Å². The summed E-state index contributed by atoms with van der Waals surface area (Å²) in [6.45, 7) is 2.03. The normalized spacial score (nSPS) is 19.2. The van der Waals surface area contributed by atoms with Crippen molar-refractivity contribution in [1.82, 2.24) is 20.0 Å². The summed E-state index contributed by atoms with van der Waals surface area (Å²) in [6.07, 6.45) is 3.63. The number of amides is 1. The molecule has 1 amide bonds. The highest BCUT2D eigenvalue weighted by Crippen LogP contribution is 2.41. The fraction of sp³-hybridized carbons (Fsp3) is 0.364. The van der Waals surface area contributed by atoms with Crippen molar-refractivity contribution in [2.24, 2.45) is 7.05 Å². The maximum atomic E-state index is 11.6. The Morgan fingerprint density at radius 1 is 1.44 bits per heavy atom. The number of carbonyl (C=O) groups is 1. The van der Waals surface area contributed by atoms with Crippen molar-refractivity contribution in [3.8, 4) is 0 Å².